The van der Waals surface area contributed by atoms with Crippen LogP contribution in [0.25, 0.3) is 11.1 Å². The minimum absolute atomic E-state index is 0.779. The number of halogens is 2. The molecule has 0 aromatic heterocycles. The van der Waals surface area contributed by atoms with Crippen molar-refractivity contribution in [2.75, 3.05) is 13.1 Å². The van der Waals surface area contributed by atoms with E-state index in [0.717, 1.165) is 21.6 Å². The Balaban J connectivity index is 1.75. The zero-order valence-corrected chi connectivity index (χ0v) is 14.3. The van der Waals surface area contributed by atoms with Crippen LogP contribution in [0.15, 0.2) is 46.9 Å². The summed E-state index contributed by atoms with van der Waals surface area (Å²) in [6.45, 7) is 3.53. The summed E-state index contributed by atoms with van der Waals surface area (Å²) in [6, 6.07) is 14.8. The van der Waals surface area contributed by atoms with E-state index < -0.39 is 0 Å². The number of likely N-dealkylation sites (tertiary alicyclic amines) is 1. The van der Waals surface area contributed by atoms with Crippen LogP contribution >= 0.6 is 27.5 Å². The van der Waals surface area contributed by atoms with Crippen LogP contribution in [0.3, 0.4) is 0 Å². The van der Waals surface area contributed by atoms with Crippen LogP contribution in [-0.4, -0.2) is 18.0 Å². The molecular weight excluding hydrogens is 346 g/mol. The number of hydrogen-bond donors (Lipinski definition) is 0. The van der Waals surface area contributed by atoms with E-state index >= 15 is 0 Å². The second-order valence-corrected chi connectivity index (χ2v) is 6.87. The van der Waals surface area contributed by atoms with Gasteiger partial charge in [-0.05, 0) is 59.1 Å². The van der Waals surface area contributed by atoms with Crippen LogP contribution in [0.5, 0.6) is 0 Å². The van der Waals surface area contributed by atoms with Crippen molar-refractivity contribution in [3.63, 3.8) is 0 Å². The number of rotatable bonds is 3. The second-order valence-electron chi connectivity index (χ2n) is 5.64. The highest BCUT2D eigenvalue weighted by Crippen LogP contribution is 2.33. The highest BCUT2D eigenvalue weighted by molar-refractivity contribution is 9.10. The van der Waals surface area contributed by atoms with Gasteiger partial charge in [0.05, 0.1) is 5.02 Å². The van der Waals surface area contributed by atoms with E-state index in [0.29, 0.717) is 0 Å². The first kappa shape index (κ1) is 15.1. The third kappa shape index (κ3) is 3.68. The summed E-state index contributed by atoms with van der Waals surface area (Å²) in [5, 5.41) is 0.779. The number of nitrogens with zero attached hydrogens (tertiary/aromatic N) is 1. The van der Waals surface area contributed by atoms with Crippen molar-refractivity contribution < 1.29 is 0 Å². The molecule has 2 aromatic rings. The van der Waals surface area contributed by atoms with Gasteiger partial charge in [0.25, 0.3) is 0 Å². The lowest BCUT2D eigenvalue weighted by Crippen LogP contribution is -2.28. The minimum atomic E-state index is 0.779. The first-order valence-electron chi connectivity index (χ1n) is 7.50. The van der Waals surface area contributed by atoms with Crippen molar-refractivity contribution in [1.82, 2.24) is 4.90 Å². The summed E-state index contributed by atoms with van der Waals surface area (Å²) in [7, 11) is 0. The molecule has 1 fully saturated rings. The van der Waals surface area contributed by atoms with E-state index in [4.69, 9.17) is 11.6 Å². The largest absolute Gasteiger partial charge is 0.299 e. The van der Waals surface area contributed by atoms with Crippen molar-refractivity contribution >= 4 is 27.5 Å². The lowest BCUT2D eigenvalue weighted by molar-refractivity contribution is 0.221. The SMILES string of the molecule is Clc1c(Br)cccc1-c1ccc(CN2CCCCC2)cc1. The van der Waals surface area contributed by atoms with Gasteiger partial charge in [-0.2, -0.15) is 0 Å². The van der Waals surface area contributed by atoms with Gasteiger partial charge in [0.2, 0.25) is 0 Å². The Morgan fingerprint density at radius 3 is 2.38 bits per heavy atom. The van der Waals surface area contributed by atoms with E-state index in [2.05, 4.69) is 51.2 Å². The van der Waals surface area contributed by atoms with Gasteiger partial charge in [0.1, 0.15) is 0 Å². The summed E-state index contributed by atoms with van der Waals surface area (Å²) in [5.74, 6) is 0. The van der Waals surface area contributed by atoms with Crippen LogP contribution in [0.2, 0.25) is 5.02 Å². The van der Waals surface area contributed by atoms with Gasteiger partial charge in [-0.15, -0.1) is 0 Å². The third-order valence-corrected chi connectivity index (χ3v) is 5.37. The number of benzene rings is 2. The van der Waals surface area contributed by atoms with E-state index in [1.807, 2.05) is 12.1 Å². The molecule has 0 atom stereocenters. The smallest absolute Gasteiger partial charge is 0.0626 e. The third-order valence-electron chi connectivity index (χ3n) is 4.07. The molecule has 1 saturated heterocycles. The van der Waals surface area contributed by atoms with Gasteiger partial charge in [-0.1, -0.05) is 54.4 Å². The molecule has 0 spiro atoms. The Morgan fingerprint density at radius 1 is 0.952 bits per heavy atom. The van der Waals surface area contributed by atoms with Gasteiger partial charge in [-0.25, -0.2) is 0 Å². The first-order chi connectivity index (χ1) is 10.2. The summed E-state index contributed by atoms with van der Waals surface area (Å²) in [6.07, 6.45) is 4.06. The molecule has 1 heterocycles. The van der Waals surface area contributed by atoms with Crippen molar-refractivity contribution in [3.05, 3.63) is 57.5 Å². The maximum atomic E-state index is 6.37. The van der Waals surface area contributed by atoms with Gasteiger partial charge in [0, 0.05) is 16.6 Å². The fourth-order valence-corrected chi connectivity index (χ4v) is 3.49. The number of piperidine rings is 1. The molecule has 1 aliphatic rings. The Morgan fingerprint density at radius 2 is 1.67 bits per heavy atom. The highest BCUT2D eigenvalue weighted by atomic mass is 79.9. The molecular formula is C18H19BrClN. The Labute approximate surface area is 140 Å². The molecule has 0 bridgehead atoms. The molecule has 3 heteroatoms. The maximum absolute atomic E-state index is 6.37. The zero-order valence-electron chi connectivity index (χ0n) is 12.0. The molecule has 0 saturated carbocycles. The van der Waals surface area contributed by atoms with Crippen molar-refractivity contribution in [3.8, 4) is 11.1 Å². The quantitative estimate of drug-likeness (QED) is 0.669. The van der Waals surface area contributed by atoms with Gasteiger partial charge >= 0.3 is 0 Å². The fraction of sp³-hybridized carbons (Fsp3) is 0.333. The molecule has 0 aliphatic carbocycles. The molecule has 0 N–H and O–H groups in total. The van der Waals surface area contributed by atoms with E-state index in [1.54, 1.807) is 0 Å². The maximum Gasteiger partial charge on any atom is 0.0626 e. The standard InChI is InChI=1S/C18H19BrClN/c19-17-6-4-5-16(18(17)20)15-9-7-14(8-10-15)13-21-11-2-1-3-12-21/h4-10H,1-3,11-13H2. The molecule has 2 aromatic carbocycles. The van der Waals surface area contributed by atoms with Crippen LogP contribution in [0.4, 0.5) is 0 Å². The number of hydrogen-bond acceptors (Lipinski definition) is 1. The van der Waals surface area contributed by atoms with Crippen LogP contribution in [0.1, 0.15) is 24.8 Å². The van der Waals surface area contributed by atoms with Crippen LogP contribution < -0.4 is 0 Å². The molecule has 1 nitrogen and oxygen atoms in total. The average Bonchev–Trinajstić information content (AvgIpc) is 2.52. The monoisotopic (exact) mass is 363 g/mol. The lowest BCUT2D eigenvalue weighted by atomic mass is 10.0. The van der Waals surface area contributed by atoms with Crippen molar-refractivity contribution in [2.45, 2.75) is 25.8 Å². The lowest BCUT2D eigenvalue weighted by Gasteiger charge is -2.26. The molecule has 0 amide bonds. The van der Waals surface area contributed by atoms with Gasteiger partial charge < -0.3 is 0 Å². The second kappa shape index (κ2) is 6.95. The molecule has 0 radical (unpaired) electrons. The highest BCUT2D eigenvalue weighted by Gasteiger charge is 2.11. The van der Waals surface area contributed by atoms with Gasteiger partial charge in [0.15, 0.2) is 0 Å². The van der Waals surface area contributed by atoms with E-state index in [9.17, 15) is 0 Å². The summed E-state index contributed by atoms with van der Waals surface area (Å²) in [4.78, 5) is 2.55. The summed E-state index contributed by atoms with van der Waals surface area (Å²) < 4.78 is 0.944. The van der Waals surface area contributed by atoms with Crippen molar-refractivity contribution in [2.24, 2.45) is 0 Å². The topological polar surface area (TPSA) is 3.24 Å². The minimum Gasteiger partial charge on any atom is -0.299 e. The first-order valence-corrected chi connectivity index (χ1v) is 8.67. The molecule has 110 valence electrons. The molecule has 0 unspecified atom stereocenters. The van der Waals surface area contributed by atoms with Crippen LogP contribution in [0, 0.1) is 0 Å². The predicted molar refractivity (Wildman–Crippen MR) is 93.7 cm³/mol. The van der Waals surface area contributed by atoms with E-state index in [-0.39, 0.29) is 0 Å². The Bertz CT molecular complexity index is 603. The fourth-order valence-electron chi connectivity index (χ4n) is 2.89. The van der Waals surface area contributed by atoms with Crippen LogP contribution in [-0.2, 0) is 6.54 Å². The van der Waals surface area contributed by atoms with Gasteiger partial charge in [-0.3, -0.25) is 4.90 Å². The summed E-state index contributed by atoms with van der Waals surface area (Å²) >= 11 is 9.85. The predicted octanol–water partition coefficient (Wildman–Crippen LogP) is 5.76. The normalized spacial score (nSPS) is 16.1. The molecule has 3 rings (SSSR count). The Kier molecular flexibility index (Phi) is 4.99. The summed E-state index contributed by atoms with van der Waals surface area (Å²) in [5.41, 5.74) is 3.63. The average molecular weight is 365 g/mol. The molecule has 21 heavy (non-hydrogen) atoms. The van der Waals surface area contributed by atoms with Crippen molar-refractivity contribution in [1.29, 1.82) is 0 Å². The molecule has 1 aliphatic heterocycles. The Hall–Kier alpha value is -0.830. The zero-order chi connectivity index (χ0) is 14.7. The van der Waals surface area contributed by atoms with E-state index in [1.165, 1.54) is 43.5 Å².